The third-order valence-electron chi connectivity index (χ3n) is 4.67. The van der Waals surface area contributed by atoms with Gasteiger partial charge in [0.25, 0.3) is 0 Å². The average molecular weight is 377 g/mol. The lowest BCUT2D eigenvalue weighted by Gasteiger charge is -2.15. The van der Waals surface area contributed by atoms with Gasteiger partial charge in [0.05, 0.1) is 0 Å². The summed E-state index contributed by atoms with van der Waals surface area (Å²) in [7, 11) is 0. The molecule has 3 N–H and O–H groups in total. The summed E-state index contributed by atoms with van der Waals surface area (Å²) >= 11 is 12.1. The average Bonchev–Trinajstić information content (AvgIpc) is 2.94. The van der Waals surface area contributed by atoms with Crippen molar-refractivity contribution in [2.45, 2.75) is 38.1 Å². The Morgan fingerprint density at radius 2 is 1.84 bits per heavy atom. The van der Waals surface area contributed by atoms with Crippen molar-refractivity contribution >= 4 is 29.1 Å². The van der Waals surface area contributed by atoms with Crippen molar-refractivity contribution in [2.24, 2.45) is 5.73 Å². The Kier molecular flexibility index (Phi) is 6.00. The van der Waals surface area contributed by atoms with Gasteiger partial charge in [0, 0.05) is 22.5 Å². The number of aryl methyl sites for hydroxylation is 2. The number of carbonyl (C=O) groups excluding carboxylic acids is 1. The Hall–Kier alpha value is -1.55. The van der Waals surface area contributed by atoms with E-state index < -0.39 is 0 Å². The molecule has 0 aliphatic heterocycles. The second kappa shape index (κ2) is 8.22. The number of nitrogens with one attached hydrogen (secondary N) is 1. The van der Waals surface area contributed by atoms with Crippen LogP contribution in [0.15, 0.2) is 36.4 Å². The minimum atomic E-state index is -0.249. The fraction of sp³-hybridized carbons (Fsp3) is 0.350. The van der Waals surface area contributed by atoms with Gasteiger partial charge in [-0.05, 0) is 72.7 Å². The van der Waals surface area contributed by atoms with Crippen LogP contribution < -0.4 is 11.1 Å². The summed E-state index contributed by atoms with van der Waals surface area (Å²) in [4.78, 5) is 10.9. The summed E-state index contributed by atoms with van der Waals surface area (Å²) in [5, 5.41) is 4.99. The van der Waals surface area contributed by atoms with Gasteiger partial charge in [-0.1, -0.05) is 41.4 Å². The van der Waals surface area contributed by atoms with Crippen molar-refractivity contribution in [1.29, 1.82) is 0 Å². The van der Waals surface area contributed by atoms with Crippen molar-refractivity contribution in [3.63, 3.8) is 0 Å². The first-order valence-electron chi connectivity index (χ1n) is 8.59. The fourth-order valence-corrected chi connectivity index (χ4v) is 4.02. The van der Waals surface area contributed by atoms with E-state index in [-0.39, 0.29) is 5.91 Å². The lowest BCUT2D eigenvalue weighted by atomic mass is 10.0. The molecule has 0 bridgehead atoms. The molecule has 3 rings (SSSR count). The van der Waals surface area contributed by atoms with E-state index in [1.54, 1.807) is 6.07 Å². The normalized spacial score (nSPS) is 16.0. The zero-order valence-electron chi connectivity index (χ0n) is 14.0. The van der Waals surface area contributed by atoms with E-state index in [1.807, 2.05) is 12.1 Å². The molecule has 1 aliphatic rings. The van der Waals surface area contributed by atoms with Crippen molar-refractivity contribution in [2.75, 3.05) is 6.54 Å². The molecule has 5 heteroatoms. The third-order valence-corrected chi connectivity index (χ3v) is 5.11. The van der Waals surface area contributed by atoms with Crippen LogP contribution in [0.25, 0.3) is 0 Å². The van der Waals surface area contributed by atoms with Crippen LogP contribution in [-0.4, -0.2) is 12.5 Å². The molecule has 1 atom stereocenters. The predicted molar refractivity (Wildman–Crippen MR) is 103 cm³/mol. The number of nitrogens with two attached hydrogens (primary N) is 1. The van der Waals surface area contributed by atoms with Crippen LogP contribution in [0.5, 0.6) is 0 Å². The Balaban J connectivity index is 1.56. The number of amides is 1. The SMILES string of the molecule is NC(=O)CCc1ccc2c(c1)CCC2NCCc1cc(Cl)cc(Cl)c1. The van der Waals surface area contributed by atoms with Gasteiger partial charge >= 0.3 is 0 Å². The van der Waals surface area contributed by atoms with E-state index in [9.17, 15) is 4.79 Å². The molecule has 3 nitrogen and oxygen atoms in total. The first kappa shape index (κ1) is 18.2. The molecule has 0 saturated heterocycles. The number of halogens is 2. The van der Waals surface area contributed by atoms with E-state index in [0.29, 0.717) is 22.5 Å². The summed E-state index contributed by atoms with van der Waals surface area (Å²) in [6.45, 7) is 0.879. The topological polar surface area (TPSA) is 55.1 Å². The number of primary amides is 1. The predicted octanol–water partition coefficient (Wildman–Crippen LogP) is 4.23. The highest BCUT2D eigenvalue weighted by molar-refractivity contribution is 6.34. The quantitative estimate of drug-likeness (QED) is 0.759. The smallest absolute Gasteiger partial charge is 0.217 e. The zero-order valence-corrected chi connectivity index (χ0v) is 15.5. The summed E-state index contributed by atoms with van der Waals surface area (Å²) in [5.41, 5.74) is 10.3. The molecule has 0 heterocycles. The van der Waals surface area contributed by atoms with Crippen LogP contribution in [0.4, 0.5) is 0 Å². The molecule has 0 aromatic heterocycles. The number of benzene rings is 2. The molecule has 2 aromatic carbocycles. The molecule has 1 aliphatic carbocycles. The van der Waals surface area contributed by atoms with Crippen LogP contribution in [0.1, 0.15) is 41.1 Å². The summed E-state index contributed by atoms with van der Waals surface area (Å²) in [6.07, 6.45) is 4.19. The molecule has 0 spiro atoms. The van der Waals surface area contributed by atoms with Crippen molar-refractivity contribution in [3.8, 4) is 0 Å². The highest BCUT2D eigenvalue weighted by atomic mass is 35.5. The van der Waals surface area contributed by atoms with Crippen LogP contribution >= 0.6 is 23.2 Å². The summed E-state index contributed by atoms with van der Waals surface area (Å²) in [6, 6.07) is 12.6. The maximum Gasteiger partial charge on any atom is 0.217 e. The zero-order chi connectivity index (χ0) is 17.8. The first-order valence-corrected chi connectivity index (χ1v) is 9.35. The minimum absolute atomic E-state index is 0.249. The molecular weight excluding hydrogens is 355 g/mol. The summed E-state index contributed by atoms with van der Waals surface area (Å²) in [5.74, 6) is -0.249. The van der Waals surface area contributed by atoms with Crippen LogP contribution in [0.2, 0.25) is 10.0 Å². The van der Waals surface area contributed by atoms with E-state index >= 15 is 0 Å². The molecule has 0 radical (unpaired) electrons. The van der Waals surface area contributed by atoms with E-state index in [1.165, 1.54) is 16.7 Å². The van der Waals surface area contributed by atoms with E-state index in [0.717, 1.165) is 37.8 Å². The highest BCUT2D eigenvalue weighted by Crippen LogP contribution is 2.32. The molecule has 25 heavy (non-hydrogen) atoms. The monoisotopic (exact) mass is 376 g/mol. The van der Waals surface area contributed by atoms with Gasteiger partial charge < -0.3 is 11.1 Å². The highest BCUT2D eigenvalue weighted by Gasteiger charge is 2.21. The molecule has 0 saturated carbocycles. The van der Waals surface area contributed by atoms with Crippen molar-refractivity contribution < 1.29 is 4.79 Å². The van der Waals surface area contributed by atoms with Crippen LogP contribution in [-0.2, 0) is 24.1 Å². The Morgan fingerprint density at radius 1 is 1.08 bits per heavy atom. The van der Waals surface area contributed by atoms with Gasteiger partial charge in [0.15, 0.2) is 0 Å². The number of carbonyl (C=O) groups is 1. The maximum absolute atomic E-state index is 10.9. The van der Waals surface area contributed by atoms with E-state index in [4.69, 9.17) is 28.9 Å². The van der Waals surface area contributed by atoms with Gasteiger partial charge in [0.2, 0.25) is 5.91 Å². The second-order valence-electron chi connectivity index (χ2n) is 6.57. The minimum Gasteiger partial charge on any atom is -0.370 e. The Bertz CT molecular complexity index is 756. The first-order chi connectivity index (χ1) is 12.0. The Labute approximate surface area is 158 Å². The van der Waals surface area contributed by atoms with Gasteiger partial charge in [-0.15, -0.1) is 0 Å². The van der Waals surface area contributed by atoms with Gasteiger partial charge in [-0.25, -0.2) is 0 Å². The molecule has 1 unspecified atom stereocenters. The lowest BCUT2D eigenvalue weighted by molar-refractivity contribution is -0.117. The largest absolute Gasteiger partial charge is 0.370 e. The van der Waals surface area contributed by atoms with Crippen LogP contribution in [0.3, 0.4) is 0 Å². The van der Waals surface area contributed by atoms with E-state index in [2.05, 4.69) is 23.5 Å². The lowest BCUT2D eigenvalue weighted by Crippen LogP contribution is -2.22. The number of hydrogen-bond acceptors (Lipinski definition) is 2. The second-order valence-corrected chi connectivity index (χ2v) is 7.45. The molecule has 2 aromatic rings. The van der Waals surface area contributed by atoms with Crippen LogP contribution in [0, 0.1) is 0 Å². The number of hydrogen-bond donors (Lipinski definition) is 2. The molecule has 132 valence electrons. The van der Waals surface area contributed by atoms with Gasteiger partial charge in [-0.2, -0.15) is 0 Å². The third kappa shape index (κ3) is 4.97. The molecule has 1 amide bonds. The Morgan fingerprint density at radius 3 is 2.56 bits per heavy atom. The number of rotatable bonds is 7. The summed E-state index contributed by atoms with van der Waals surface area (Å²) < 4.78 is 0. The maximum atomic E-state index is 10.9. The fourth-order valence-electron chi connectivity index (χ4n) is 3.45. The standard InChI is InChI=1S/C20H22Cl2N2O/c21-16-10-14(11-17(22)12-16)7-8-24-19-5-3-15-9-13(1-4-18(15)19)2-6-20(23)25/h1,4,9-12,19,24H,2-3,5-8H2,(H2,23,25). The molecular formula is C20H22Cl2N2O. The molecule has 0 fully saturated rings. The van der Waals surface area contributed by atoms with Crippen molar-refractivity contribution in [3.05, 3.63) is 68.7 Å². The van der Waals surface area contributed by atoms with Gasteiger partial charge in [0.1, 0.15) is 0 Å². The van der Waals surface area contributed by atoms with Gasteiger partial charge in [-0.3, -0.25) is 4.79 Å². The number of fused-ring (bicyclic) bond motifs is 1. The van der Waals surface area contributed by atoms with Crippen molar-refractivity contribution in [1.82, 2.24) is 5.32 Å².